The monoisotopic (exact) mass is 220 g/mol. The van der Waals surface area contributed by atoms with Crippen LogP contribution in [0, 0.1) is 0 Å². The Bertz CT molecular complexity index is 335. The van der Waals surface area contributed by atoms with E-state index in [2.05, 4.69) is 0 Å². The van der Waals surface area contributed by atoms with Gasteiger partial charge in [0.1, 0.15) is 6.42 Å². The Balaban J connectivity index is 2.91. The topological polar surface area (TPSA) is 37.3 Å². The number of carboxylic acid groups (broad SMARTS) is 1. The van der Waals surface area contributed by atoms with Gasteiger partial charge in [0.15, 0.2) is 0 Å². The second-order valence-electron chi connectivity index (χ2n) is 2.78. The Morgan fingerprint density at radius 1 is 1.36 bits per heavy atom. The zero-order chi connectivity index (χ0) is 10.8. The molecule has 1 N–H and O–H groups in total. The van der Waals surface area contributed by atoms with Crippen molar-refractivity contribution in [3.8, 4) is 0 Å². The summed E-state index contributed by atoms with van der Waals surface area (Å²) in [5, 5.41) is 8.59. The highest BCUT2D eigenvalue weighted by Gasteiger charge is 2.34. The lowest BCUT2D eigenvalue weighted by molar-refractivity contribution is -0.145. The van der Waals surface area contributed by atoms with E-state index in [0.29, 0.717) is 5.02 Å². The molecule has 1 rings (SSSR count). The second-order valence-corrected chi connectivity index (χ2v) is 3.22. The average Bonchev–Trinajstić information content (AvgIpc) is 2.02. The third-order valence-corrected chi connectivity index (χ3v) is 1.89. The molecule has 5 heteroatoms. The van der Waals surface area contributed by atoms with Crippen molar-refractivity contribution < 1.29 is 18.7 Å². The van der Waals surface area contributed by atoms with Crippen LogP contribution < -0.4 is 0 Å². The van der Waals surface area contributed by atoms with Crippen molar-refractivity contribution in [2.75, 3.05) is 0 Å². The molecule has 2 nitrogen and oxygen atoms in total. The Morgan fingerprint density at radius 3 is 2.29 bits per heavy atom. The molecule has 1 aromatic carbocycles. The predicted molar refractivity (Wildman–Crippen MR) is 47.6 cm³/mol. The number of alkyl halides is 2. The fourth-order valence-electron chi connectivity index (χ4n) is 0.986. The van der Waals surface area contributed by atoms with Crippen molar-refractivity contribution in [1.29, 1.82) is 0 Å². The fourth-order valence-corrected chi connectivity index (χ4v) is 1.11. The number of carbonyl (C=O) groups is 1. The van der Waals surface area contributed by atoms with E-state index in [9.17, 15) is 13.6 Å². The summed E-state index contributed by atoms with van der Waals surface area (Å²) in [7, 11) is 0. The molecule has 0 amide bonds. The third-order valence-electron chi connectivity index (χ3n) is 1.64. The van der Waals surface area contributed by atoms with E-state index in [4.69, 9.17) is 16.7 Å². The molecule has 0 unspecified atom stereocenters. The summed E-state index contributed by atoms with van der Waals surface area (Å²) in [5.74, 6) is -4.89. The van der Waals surface area contributed by atoms with E-state index in [1.165, 1.54) is 12.1 Å². The number of benzene rings is 1. The second kappa shape index (κ2) is 3.92. The van der Waals surface area contributed by atoms with E-state index < -0.39 is 18.3 Å². The van der Waals surface area contributed by atoms with Crippen molar-refractivity contribution in [2.45, 2.75) is 12.3 Å². The molecule has 0 heterocycles. The lowest BCUT2D eigenvalue weighted by Crippen LogP contribution is -2.18. The van der Waals surface area contributed by atoms with Crippen molar-refractivity contribution in [3.05, 3.63) is 34.9 Å². The summed E-state index contributed by atoms with van der Waals surface area (Å²) in [6.45, 7) is 0. The molecule has 0 radical (unpaired) electrons. The van der Waals surface area contributed by atoms with Crippen LogP contribution in [-0.2, 0) is 10.7 Å². The standard InChI is InChI=1S/C9H7ClF2O2/c10-7-3-1-6(2-4-7)9(11,12)5-8(13)14/h1-4H,5H2,(H,13,14). The largest absolute Gasteiger partial charge is 0.481 e. The number of aliphatic carboxylic acids is 1. The number of hydrogen-bond donors (Lipinski definition) is 1. The molecule has 0 aliphatic carbocycles. The van der Waals surface area contributed by atoms with Crippen LogP contribution in [0.5, 0.6) is 0 Å². The Morgan fingerprint density at radius 2 is 1.86 bits per heavy atom. The normalized spacial score (nSPS) is 11.4. The van der Waals surface area contributed by atoms with Crippen LogP contribution >= 0.6 is 11.6 Å². The number of hydrogen-bond acceptors (Lipinski definition) is 1. The Labute approximate surface area is 84.1 Å². The van der Waals surface area contributed by atoms with Crippen LogP contribution in [0.15, 0.2) is 24.3 Å². The average molecular weight is 221 g/mol. The van der Waals surface area contributed by atoms with Gasteiger partial charge in [-0.15, -0.1) is 0 Å². The molecule has 0 bridgehead atoms. The molecule has 0 atom stereocenters. The summed E-state index contributed by atoms with van der Waals surface area (Å²) in [6, 6.07) is 4.83. The van der Waals surface area contributed by atoms with E-state index in [-0.39, 0.29) is 5.56 Å². The van der Waals surface area contributed by atoms with Gasteiger partial charge in [-0.3, -0.25) is 4.79 Å². The molecular weight excluding hydrogens is 214 g/mol. The number of carboxylic acids is 1. The maximum absolute atomic E-state index is 13.1. The highest BCUT2D eigenvalue weighted by atomic mass is 35.5. The molecule has 0 saturated carbocycles. The van der Waals surface area contributed by atoms with Gasteiger partial charge in [-0.05, 0) is 12.1 Å². The molecule has 0 saturated heterocycles. The van der Waals surface area contributed by atoms with Gasteiger partial charge in [0.25, 0.3) is 5.92 Å². The molecule has 76 valence electrons. The summed E-state index contributed by atoms with van der Waals surface area (Å²) in [5.41, 5.74) is -0.343. The van der Waals surface area contributed by atoms with Crippen LogP contribution in [0.3, 0.4) is 0 Å². The fraction of sp³-hybridized carbons (Fsp3) is 0.222. The molecule has 1 aromatic rings. The van der Waals surface area contributed by atoms with Crippen LogP contribution in [-0.4, -0.2) is 11.1 Å². The van der Waals surface area contributed by atoms with Gasteiger partial charge in [-0.25, -0.2) is 8.78 Å². The number of rotatable bonds is 3. The van der Waals surface area contributed by atoms with E-state index in [1.807, 2.05) is 0 Å². The minimum absolute atomic E-state index is 0.333. The zero-order valence-electron chi connectivity index (χ0n) is 7.01. The molecular formula is C9H7ClF2O2. The van der Waals surface area contributed by atoms with E-state index >= 15 is 0 Å². The lowest BCUT2D eigenvalue weighted by atomic mass is 10.1. The van der Waals surface area contributed by atoms with Crippen LogP contribution in [0.1, 0.15) is 12.0 Å². The quantitative estimate of drug-likeness (QED) is 0.851. The molecule has 0 aromatic heterocycles. The smallest absolute Gasteiger partial charge is 0.309 e. The van der Waals surface area contributed by atoms with Crippen LogP contribution in [0.2, 0.25) is 5.02 Å². The lowest BCUT2D eigenvalue weighted by Gasteiger charge is -2.13. The van der Waals surface area contributed by atoms with Gasteiger partial charge in [-0.1, -0.05) is 23.7 Å². The SMILES string of the molecule is O=C(O)CC(F)(F)c1ccc(Cl)cc1. The summed E-state index contributed by atoms with van der Waals surface area (Å²) >= 11 is 5.51. The highest BCUT2D eigenvalue weighted by molar-refractivity contribution is 6.30. The maximum atomic E-state index is 13.1. The van der Waals surface area contributed by atoms with Crippen molar-refractivity contribution in [1.82, 2.24) is 0 Å². The highest BCUT2D eigenvalue weighted by Crippen LogP contribution is 2.32. The molecule has 0 fully saturated rings. The first kappa shape index (κ1) is 10.9. The van der Waals surface area contributed by atoms with Gasteiger partial charge in [-0.2, -0.15) is 0 Å². The predicted octanol–water partition coefficient (Wildman–Crippen LogP) is 2.91. The van der Waals surface area contributed by atoms with Gasteiger partial charge >= 0.3 is 5.97 Å². The van der Waals surface area contributed by atoms with Crippen LogP contribution in [0.25, 0.3) is 0 Å². The maximum Gasteiger partial charge on any atom is 0.309 e. The minimum Gasteiger partial charge on any atom is -0.481 e. The summed E-state index contributed by atoms with van der Waals surface area (Å²) in [4.78, 5) is 10.1. The van der Waals surface area contributed by atoms with Crippen molar-refractivity contribution >= 4 is 17.6 Å². The Hall–Kier alpha value is -1.16. The zero-order valence-corrected chi connectivity index (χ0v) is 7.76. The van der Waals surface area contributed by atoms with Crippen molar-refractivity contribution in [3.63, 3.8) is 0 Å². The first-order valence-electron chi connectivity index (χ1n) is 3.77. The van der Waals surface area contributed by atoms with E-state index in [0.717, 1.165) is 12.1 Å². The minimum atomic E-state index is -3.35. The molecule has 0 aliphatic heterocycles. The Kier molecular flexibility index (Phi) is 3.06. The van der Waals surface area contributed by atoms with Gasteiger partial charge < -0.3 is 5.11 Å². The van der Waals surface area contributed by atoms with Crippen molar-refractivity contribution in [2.24, 2.45) is 0 Å². The van der Waals surface area contributed by atoms with Gasteiger partial charge in [0.2, 0.25) is 0 Å². The first-order chi connectivity index (χ1) is 6.42. The molecule has 0 aliphatic rings. The number of halogens is 3. The first-order valence-corrected chi connectivity index (χ1v) is 4.15. The van der Waals surface area contributed by atoms with E-state index in [1.54, 1.807) is 0 Å². The molecule has 14 heavy (non-hydrogen) atoms. The summed E-state index contributed by atoms with van der Waals surface area (Å²) in [6.07, 6.45) is -1.21. The van der Waals surface area contributed by atoms with Gasteiger partial charge in [0.05, 0.1) is 0 Å². The van der Waals surface area contributed by atoms with Crippen LogP contribution in [0.4, 0.5) is 8.78 Å². The molecule has 0 spiro atoms. The third kappa shape index (κ3) is 2.67. The summed E-state index contributed by atoms with van der Waals surface area (Å²) < 4.78 is 26.2. The van der Waals surface area contributed by atoms with Gasteiger partial charge in [0, 0.05) is 10.6 Å².